The molecule has 2 N–H and O–H groups in total. The van der Waals surface area contributed by atoms with Gasteiger partial charge in [0.25, 0.3) is 0 Å². The Morgan fingerprint density at radius 2 is 1.83 bits per heavy atom. The highest BCUT2D eigenvalue weighted by Crippen LogP contribution is 2.20. The Bertz CT molecular complexity index is 763. The summed E-state index contributed by atoms with van der Waals surface area (Å²) in [6, 6.07) is 14.1. The lowest BCUT2D eigenvalue weighted by Gasteiger charge is -2.14. The zero-order valence-corrected chi connectivity index (χ0v) is 18.7. The van der Waals surface area contributed by atoms with Crippen molar-refractivity contribution >= 4 is 29.9 Å². The largest absolute Gasteiger partial charge is 0.497 e. The Morgan fingerprint density at radius 3 is 2.55 bits per heavy atom. The smallest absolute Gasteiger partial charge is 0.387 e. The van der Waals surface area contributed by atoms with Crippen molar-refractivity contribution in [2.45, 2.75) is 19.6 Å². The van der Waals surface area contributed by atoms with Crippen molar-refractivity contribution in [2.75, 3.05) is 27.3 Å². The predicted octanol–water partition coefficient (Wildman–Crippen LogP) is 4.05. The fraction of sp³-hybridized carbons (Fsp3) is 0.350. The highest BCUT2D eigenvalue weighted by Gasteiger charge is 2.09. The van der Waals surface area contributed by atoms with Crippen molar-refractivity contribution in [1.29, 1.82) is 0 Å². The Kier molecular flexibility index (Phi) is 11.8. The van der Waals surface area contributed by atoms with Gasteiger partial charge in [-0.05, 0) is 24.6 Å². The number of nitrogens with one attached hydrogen (secondary N) is 2. The number of benzene rings is 2. The van der Waals surface area contributed by atoms with E-state index in [-0.39, 0.29) is 29.7 Å². The van der Waals surface area contributed by atoms with Gasteiger partial charge in [-0.15, -0.1) is 24.0 Å². The molecule has 0 saturated heterocycles. The molecule has 9 heteroatoms. The second-order valence-electron chi connectivity index (χ2n) is 5.72. The Balaban J connectivity index is 0.00000420. The summed E-state index contributed by atoms with van der Waals surface area (Å²) in [5.74, 6) is 2.20. The first kappa shape index (κ1) is 24.7. The predicted molar refractivity (Wildman–Crippen MR) is 120 cm³/mol. The maximum Gasteiger partial charge on any atom is 0.387 e. The van der Waals surface area contributed by atoms with Gasteiger partial charge in [-0.1, -0.05) is 24.3 Å². The standard InChI is InChI=1S/C20H25F2N3O3.HI/c1-23-20(25-14-15-7-3-4-10-18(15)28-19(21)22)24-11-6-12-27-17-9-5-8-16(13-17)26-2;/h3-5,7-10,13,19H,6,11-12,14H2,1-2H3,(H2,23,24,25);1H. The van der Waals surface area contributed by atoms with Gasteiger partial charge in [0, 0.05) is 31.8 Å². The van der Waals surface area contributed by atoms with Crippen LogP contribution in [0, 0.1) is 0 Å². The second-order valence-corrected chi connectivity index (χ2v) is 5.72. The molecule has 0 atom stereocenters. The van der Waals surface area contributed by atoms with Gasteiger partial charge in [0.2, 0.25) is 0 Å². The van der Waals surface area contributed by atoms with Crippen molar-refractivity contribution in [3.63, 3.8) is 0 Å². The molecule has 6 nitrogen and oxygen atoms in total. The third kappa shape index (κ3) is 9.16. The number of para-hydroxylation sites is 1. The van der Waals surface area contributed by atoms with E-state index in [0.29, 0.717) is 31.2 Å². The van der Waals surface area contributed by atoms with E-state index >= 15 is 0 Å². The van der Waals surface area contributed by atoms with Crippen LogP contribution < -0.4 is 24.8 Å². The lowest BCUT2D eigenvalue weighted by molar-refractivity contribution is -0.0504. The zero-order valence-electron chi connectivity index (χ0n) is 16.4. The van der Waals surface area contributed by atoms with Crippen molar-refractivity contribution in [2.24, 2.45) is 4.99 Å². The van der Waals surface area contributed by atoms with Gasteiger partial charge in [-0.25, -0.2) is 0 Å². The van der Waals surface area contributed by atoms with E-state index in [0.717, 1.165) is 17.9 Å². The van der Waals surface area contributed by atoms with Crippen LogP contribution in [0.1, 0.15) is 12.0 Å². The van der Waals surface area contributed by atoms with E-state index in [2.05, 4.69) is 20.4 Å². The van der Waals surface area contributed by atoms with Crippen LogP contribution in [-0.2, 0) is 6.54 Å². The molecule has 0 aliphatic carbocycles. The van der Waals surface area contributed by atoms with Gasteiger partial charge in [0.15, 0.2) is 5.96 Å². The average Bonchev–Trinajstić information content (AvgIpc) is 2.70. The van der Waals surface area contributed by atoms with Crippen LogP contribution in [0.15, 0.2) is 53.5 Å². The van der Waals surface area contributed by atoms with Crippen molar-refractivity contribution in [3.8, 4) is 17.2 Å². The molecule has 0 spiro atoms. The van der Waals surface area contributed by atoms with Crippen molar-refractivity contribution in [1.82, 2.24) is 10.6 Å². The van der Waals surface area contributed by atoms with Gasteiger partial charge in [-0.2, -0.15) is 8.78 Å². The molecule has 0 saturated carbocycles. The molecule has 0 amide bonds. The second kappa shape index (κ2) is 13.8. The monoisotopic (exact) mass is 521 g/mol. The summed E-state index contributed by atoms with van der Waals surface area (Å²) in [6.07, 6.45) is 0.753. The lowest BCUT2D eigenvalue weighted by atomic mass is 10.2. The lowest BCUT2D eigenvalue weighted by Crippen LogP contribution is -2.37. The molecule has 0 aliphatic heterocycles. The SMILES string of the molecule is CN=C(NCCCOc1cccc(OC)c1)NCc1ccccc1OC(F)F.I. The molecule has 0 unspecified atom stereocenters. The molecular weight excluding hydrogens is 495 g/mol. The minimum atomic E-state index is -2.86. The molecule has 2 aromatic carbocycles. The first-order valence-corrected chi connectivity index (χ1v) is 8.86. The molecule has 2 aromatic rings. The average molecular weight is 521 g/mol. The van der Waals surface area contributed by atoms with E-state index in [9.17, 15) is 8.78 Å². The fourth-order valence-corrected chi connectivity index (χ4v) is 2.42. The van der Waals surface area contributed by atoms with E-state index < -0.39 is 6.61 Å². The molecule has 0 heterocycles. The number of hydrogen-bond acceptors (Lipinski definition) is 4. The van der Waals surface area contributed by atoms with Crippen molar-refractivity contribution in [3.05, 3.63) is 54.1 Å². The zero-order chi connectivity index (χ0) is 20.2. The number of methoxy groups -OCH3 is 1. The molecular formula is C20H26F2IN3O3. The van der Waals surface area contributed by atoms with Gasteiger partial charge in [0.1, 0.15) is 17.2 Å². The van der Waals surface area contributed by atoms with Crippen LogP contribution in [0.4, 0.5) is 8.78 Å². The number of hydrogen-bond donors (Lipinski definition) is 2. The first-order valence-electron chi connectivity index (χ1n) is 8.86. The topological polar surface area (TPSA) is 64.1 Å². The Hall–Kier alpha value is -2.30. The maximum absolute atomic E-state index is 12.5. The summed E-state index contributed by atoms with van der Waals surface area (Å²) >= 11 is 0. The number of rotatable bonds is 10. The van der Waals surface area contributed by atoms with Crippen LogP contribution in [0.25, 0.3) is 0 Å². The van der Waals surface area contributed by atoms with Crippen molar-refractivity contribution < 1.29 is 23.0 Å². The highest BCUT2D eigenvalue weighted by atomic mass is 127. The molecule has 0 aliphatic rings. The number of ether oxygens (including phenoxy) is 3. The number of alkyl halides is 2. The Morgan fingerprint density at radius 1 is 1.07 bits per heavy atom. The van der Waals surface area contributed by atoms with E-state index in [1.807, 2.05) is 24.3 Å². The van der Waals surface area contributed by atoms with Crippen LogP contribution in [-0.4, -0.2) is 39.9 Å². The molecule has 2 rings (SSSR count). The maximum atomic E-state index is 12.5. The Labute approximate surface area is 186 Å². The third-order valence-corrected chi connectivity index (χ3v) is 3.78. The van der Waals surface area contributed by atoms with E-state index in [4.69, 9.17) is 9.47 Å². The van der Waals surface area contributed by atoms with E-state index in [1.54, 1.807) is 32.4 Å². The minimum absolute atomic E-state index is 0. The first-order chi connectivity index (χ1) is 13.6. The summed E-state index contributed by atoms with van der Waals surface area (Å²) in [5, 5.41) is 6.23. The molecule has 29 heavy (non-hydrogen) atoms. The van der Waals surface area contributed by atoms with Crippen LogP contribution in [0.2, 0.25) is 0 Å². The van der Waals surface area contributed by atoms with E-state index in [1.165, 1.54) is 6.07 Å². The summed E-state index contributed by atoms with van der Waals surface area (Å²) in [4.78, 5) is 4.12. The summed E-state index contributed by atoms with van der Waals surface area (Å²) in [6.45, 7) is -1.38. The number of nitrogens with zero attached hydrogens (tertiary/aromatic N) is 1. The third-order valence-electron chi connectivity index (χ3n) is 3.78. The van der Waals surface area contributed by atoms with Gasteiger partial charge in [0.05, 0.1) is 13.7 Å². The number of guanidine groups is 1. The number of aliphatic imine (C=N–C) groups is 1. The number of halogens is 3. The molecule has 0 aromatic heterocycles. The summed E-state index contributed by atoms with van der Waals surface area (Å²) < 4.78 is 40.3. The van der Waals surface area contributed by atoms with Crippen LogP contribution in [0.3, 0.4) is 0 Å². The van der Waals surface area contributed by atoms with Gasteiger partial charge in [-0.3, -0.25) is 4.99 Å². The fourth-order valence-electron chi connectivity index (χ4n) is 2.42. The molecule has 160 valence electrons. The minimum Gasteiger partial charge on any atom is -0.497 e. The van der Waals surface area contributed by atoms with Crippen LogP contribution in [0.5, 0.6) is 17.2 Å². The van der Waals surface area contributed by atoms with Gasteiger partial charge >= 0.3 is 6.61 Å². The highest BCUT2D eigenvalue weighted by molar-refractivity contribution is 14.0. The van der Waals surface area contributed by atoms with Crippen LogP contribution >= 0.6 is 24.0 Å². The molecule has 0 bridgehead atoms. The molecule has 0 fully saturated rings. The molecule has 0 radical (unpaired) electrons. The quantitative estimate of drug-likeness (QED) is 0.214. The van der Waals surface area contributed by atoms with Gasteiger partial charge < -0.3 is 24.8 Å². The normalized spacial score (nSPS) is 10.9. The summed E-state index contributed by atoms with van der Waals surface area (Å²) in [5.41, 5.74) is 0.618. The summed E-state index contributed by atoms with van der Waals surface area (Å²) in [7, 11) is 3.25.